The van der Waals surface area contributed by atoms with E-state index in [1.54, 1.807) is 37.8 Å². The van der Waals surface area contributed by atoms with Gasteiger partial charge in [0.05, 0.1) is 13.2 Å². The smallest absolute Gasteiger partial charge is 0.322 e. The Balaban J connectivity index is 1.79. The third-order valence-electron chi connectivity index (χ3n) is 4.30. The Morgan fingerprint density at radius 3 is 2.83 bits per heavy atom. The number of pyridine rings is 2. The van der Waals surface area contributed by atoms with E-state index < -0.39 is 0 Å². The van der Waals surface area contributed by atoms with Gasteiger partial charge in [-0.05, 0) is 36.6 Å². The van der Waals surface area contributed by atoms with Gasteiger partial charge in [-0.3, -0.25) is 4.98 Å². The van der Waals surface area contributed by atoms with Crippen molar-refractivity contribution >= 4 is 11.7 Å². The number of carbonyl (C=O) groups excluding carboxylic acids is 1. The zero-order chi connectivity index (χ0) is 16.8. The van der Waals surface area contributed by atoms with Gasteiger partial charge in [-0.15, -0.1) is 0 Å². The van der Waals surface area contributed by atoms with E-state index in [0.717, 1.165) is 37.8 Å². The predicted octanol–water partition coefficient (Wildman–Crippen LogP) is 3.63. The summed E-state index contributed by atoms with van der Waals surface area (Å²) in [6.07, 6.45) is 9.45. The lowest BCUT2D eigenvalue weighted by atomic mass is 10.0. The second-order valence-electron chi connectivity index (χ2n) is 5.86. The van der Waals surface area contributed by atoms with Crippen LogP contribution >= 0.6 is 0 Å². The number of rotatable bonds is 3. The first-order valence-electron chi connectivity index (χ1n) is 8.25. The Labute approximate surface area is 141 Å². The number of hydrogen-bond donors (Lipinski definition) is 1. The van der Waals surface area contributed by atoms with E-state index in [0.29, 0.717) is 11.6 Å². The molecule has 1 aliphatic heterocycles. The summed E-state index contributed by atoms with van der Waals surface area (Å²) in [4.78, 5) is 22.9. The summed E-state index contributed by atoms with van der Waals surface area (Å²) in [5.74, 6) is 0.481. The third-order valence-corrected chi connectivity index (χ3v) is 4.30. The molecular weight excluding hydrogens is 304 g/mol. The minimum absolute atomic E-state index is 0.0826. The molecule has 3 heterocycles. The third kappa shape index (κ3) is 3.82. The van der Waals surface area contributed by atoms with Crippen molar-refractivity contribution in [2.45, 2.75) is 31.7 Å². The first kappa shape index (κ1) is 16.2. The molecule has 6 nitrogen and oxygen atoms in total. The van der Waals surface area contributed by atoms with E-state index in [4.69, 9.17) is 4.74 Å². The number of hydrogen-bond acceptors (Lipinski definition) is 4. The molecule has 6 heteroatoms. The zero-order valence-corrected chi connectivity index (χ0v) is 13.8. The molecule has 0 bridgehead atoms. The van der Waals surface area contributed by atoms with Crippen LogP contribution in [0.3, 0.4) is 0 Å². The number of nitrogens with zero attached hydrogens (tertiary/aromatic N) is 3. The van der Waals surface area contributed by atoms with Gasteiger partial charge in [0.1, 0.15) is 0 Å². The molecule has 1 aliphatic rings. The molecule has 3 rings (SSSR count). The van der Waals surface area contributed by atoms with Crippen LogP contribution in [0.4, 0.5) is 10.5 Å². The Bertz CT molecular complexity index is 678. The summed E-state index contributed by atoms with van der Waals surface area (Å²) >= 11 is 0. The fourth-order valence-corrected chi connectivity index (χ4v) is 3.08. The summed E-state index contributed by atoms with van der Waals surface area (Å²) in [7, 11) is 1.56. The maximum Gasteiger partial charge on any atom is 0.322 e. The molecule has 24 heavy (non-hydrogen) atoms. The molecule has 1 fully saturated rings. The Hall–Kier alpha value is -2.63. The van der Waals surface area contributed by atoms with Crippen LogP contribution in [0.5, 0.6) is 5.88 Å². The lowest BCUT2D eigenvalue weighted by Crippen LogP contribution is -2.38. The van der Waals surface area contributed by atoms with Crippen molar-refractivity contribution in [3.63, 3.8) is 0 Å². The highest BCUT2D eigenvalue weighted by Crippen LogP contribution is 2.30. The van der Waals surface area contributed by atoms with Gasteiger partial charge in [0.15, 0.2) is 0 Å². The largest absolute Gasteiger partial charge is 0.481 e. The van der Waals surface area contributed by atoms with Crippen molar-refractivity contribution in [3.8, 4) is 5.88 Å². The van der Waals surface area contributed by atoms with E-state index in [2.05, 4.69) is 15.3 Å². The first-order valence-corrected chi connectivity index (χ1v) is 8.25. The SMILES string of the molecule is COc1cc(NC(=O)N2CCCCC[C@@H]2c2ccncc2)ccn1. The summed E-state index contributed by atoms with van der Waals surface area (Å²) in [6.45, 7) is 0.751. The number of aromatic nitrogens is 2. The van der Waals surface area contributed by atoms with E-state index >= 15 is 0 Å². The van der Waals surface area contributed by atoms with Crippen LogP contribution in [0, 0.1) is 0 Å². The quantitative estimate of drug-likeness (QED) is 0.935. The number of nitrogens with one attached hydrogen (secondary N) is 1. The summed E-state index contributed by atoms with van der Waals surface area (Å²) in [5.41, 5.74) is 1.82. The van der Waals surface area contributed by atoms with E-state index in [1.807, 2.05) is 17.0 Å². The molecule has 2 aromatic rings. The van der Waals surface area contributed by atoms with Gasteiger partial charge in [0.25, 0.3) is 0 Å². The van der Waals surface area contributed by atoms with E-state index in [9.17, 15) is 4.79 Å². The highest BCUT2D eigenvalue weighted by atomic mass is 16.5. The van der Waals surface area contributed by atoms with Gasteiger partial charge in [-0.25, -0.2) is 9.78 Å². The standard InChI is InChI=1S/C18H22N4O2/c1-24-17-13-15(8-11-20-17)21-18(23)22-12-4-2-3-5-16(22)14-6-9-19-10-7-14/h6-11,13,16H,2-5,12H2,1H3,(H,20,21,23)/t16-/m1/s1. The molecule has 0 aliphatic carbocycles. The van der Waals surface area contributed by atoms with Crippen LogP contribution in [0.25, 0.3) is 0 Å². The summed E-state index contributed by atoms with van der Waals surface area (Å²) < 4.78 is 5.11. The fourth-order valence-electron chi connectivity index (χ4n) is 3.08. The summed E-state index contributed by atoms with van der Waals surface area (Å²) in [6, 6.07) is 7.46. The molecule has 0 unspecified atom stereocenters. The highest BCUT2D eigenvalue weighted by molar-refractivity contribution is 5.89. The number of carbonyl (C=O) groups is 1. The number of anilines is 1. The fraction of sp³-hybridized carbons (Fsp3) is 0.389. The van der Waals surface area contributed by atoms with Crippen molar-refractivity contribution < 1.29 is 9.53 Å². The van der Waals surface area contributed by atoms with Crippen LogP contribution in [-0.4, -0.2) is 34.6 Å². The number of amides is 2. The van der Waals surface area contributed by atoms with E-state index in [-0.39, 0.29) is 12.1 Å². The molecule has 2 aromatic heterocycles. The lowest BCUT2D eigenvalue weighted by Gasteiger charge is -2.30. The maximum absolute atomic E-state index is 12.8. The average Bonchev–Trinajstić information content (AvgIpc) is 2.88. The maximum atomic E-state index is 12.8. The topological polar surface area (TPSA) is 67.3 Å². The second kappa shape index (κ2) is 7.77. The molecule has 0 saturated carbocycles. The number of ether oxygens (including phenoxy) is 1. The molecule has 126 valence electrons. The van der Waals surface area contributed by atoms with Crippen molar-refractivity contribution in [3.05, 3.63) is 48.4 Å². The highest BCUT2D eigenvalue weighted by Gasteiger charge is 2.26. The molecule has 0 aromatic carbocycles. The van der Waals surface area contributed by atoms with Crippen LogP contribution in [0.1, 0.15) is 37.3 Å². The zero-order valence-electron chi connectivity index (χ0n) is 13.8. The monoisotopic (exact) mass is 326 g/mol. The van der Waals surface area contributed by atoms with Crippen LogP contribution in [0.15, 0.2) is 42.9 Å². The van der Waals surface area contributed by atoms with Gasteiger partial charge in [0.2, 0.25) is 5.88 Å². The average molecular weight is 326 g/mol. The van der Waals surface area contributed by atoms with Crippen LogP contribution < -0.4 is 10.1 Å². The van der Waals surface area contributed by atoms with Gasteiger partial charge in [-0.1, -0.05) is 12.8 Å². The Kier molecular flexibility index (Phi) is 5.25. The minimum atomic E-state index is -0.0908. The van der Waals surface area contributed by atoms with Crippen molar-refractivity contribution in [2.75, 3.05) is 19.0 Å². The van der Waals surface area contributed by atoms with Gasteiger partial charge < -0.3 is 15.0 Å². The first-order chi connectivity index (χ1) is 11.8. The summed E-state index contributed by atoms with van der Waals surface area (Å²) in [5, 5.41) is 2.97. The number of methoxy groups -OCH3 is 1. The van der Waals surface area contributed by atoms with Crippen molar-refractivity contribution in [1.29, 1.82) is 0 Å². The predicted molar refractivity (Wildman–Crippen MR) is 92.0 cm³/mol. The van der Waals surface area contributed by atoms with Gasteiger partial charge >= 0.3 is 6.03 Å². The van der Waals surface area contributed by atoms with E-state index in [1.165, 1.54) is 0 Å². The second-order valence-corrected chi connectivity index (χ2v) is 5.86. The number of likely N-dealkylation sites (tertiary alicyclic amines) is 1. The molecule has 2 amide bonds. The van der Waals surface area contributed by atoms with Crippen LogP contribution in [-0.2, 0) is 0 Å². The molecule has 1 atom stereocenters. The number of urea groups is 1. The Morgan fingerprint density at radius 2 is 2.04 bits per heavy atom. The van der Waals surface area contributed by atoms with Gasteiger partial charge in [-0.2, -0.15) is 0 Å². The van der Waals surface area contributed by atoms with Gasteiger partial charge in [0, 0.05) is 36.9 Å². The van der Waals surface area contributed by atoms with Crippen molar-refractivity contribution in [2.24, 2.45) is 0 Å². The normalized spacial score (nSPS) is 17.9. The van der Waals surface area contributed by atoms with Crippen LogP contribution in [0.2, 0.25) is 0 Å². The molecule has 0 spiro atoms. The molecule has 1 N–H and O–H groups in total. The van der Waals surface area contributed by atoms with Crippen molar-refractivity contribution in [1.82, 2.24) is 14.9 Å². The molecule has 1 saturated heterocycles. The lowest BCUT2D eigenvalue weighted by molar-refractivity contribution is 0.189. The Morgan fingerprint density at radius 1 is 1.21 bits per heavy atom. The molecular formula is C18H22N4O2. The molecule has 0 radical (unpaired) electrons. The minimum Gasteiger partial charge on any atom is -0.481 e.